The number of nitrogens with two attached hydrogens (primary N) is 1. The van der Waals surface area contributed by atoms with Crippen LogP contribution >= 0.6 is 45.8 Å². The third-order valence-corrected chi connectivity index (χ3v) is 6.01. The molecule has 0 spiro atoms. The summed E-state index contributed by atoms with van der Waals surface area (Å²) in [6.45, 7) is 0. The molecule has 0 aliphatic rings. The van der Waals surface area contributed by atoms with Gasteiger partial charge in [-0.05, 0) is 70.6 Å². The van der Waals surface area contributed by atoms with Gasteiger partial charge in [-0.25, -0.2) is 4.79 Å². The Morgan fingerprint density at radius 3 is 2.21 bits per heavy atom. The van der Waals surface area contributed by atoms with Crippen LogP contribution in [-0.4, -0.2) is 28.9 Å². The number of carbonyl (C=O) groups excluding carboxylic acids is 2. The quantitative estimate of drug-likeness (QED) is 0.229. The number of anilines is 2. The Balaban J connectivity index is 1.69. The van der Waals surface area contributed by atoms with Crippen LogP contribution in [0.3, 0.4) is 0 Å². The van der Waals surface area contributed by atoms with Gasteiger partial charge in [0.2, 0.25) is 0 Å². The maximum Gasteiger partial charge on any atom is 0.326 e. The molecule has 33 heavy (non-hydrogen) atoms. The van der Waals surface area contributed by atoms with Gasteiger partial charge in [0.25, 0.3) is 11.8 Å². The van der Waals surface area contributed by atoms with Gasteiger partial charge in [0, 0.05) is 21.4 Å². The summed E-state index contributed by atoms with van der Waals surface area (Å²) in [5.74, 6) is -2.25. The standard InChI is InChI=1S/C23H18Cl2IN3O4/c24-16-2-1-3-17(25)20(16)22(31)29-19(23(32)33)10-12-4-7-14(8-5-12)28-21(30)15-11-13(26)6-9-18(15)27/h1-9,11,19H,10,27H2,(H,28,30)(H,29,31)(H,32,33)/t19-/m0/s1. The molecule has 5 N–H and O–H groups in total. The summed E-state index contributed by atoms with van der Waals surface area (Å²) in [7, 11) is 0. The fraction of sp³-hybridized carbons (Fsp3) is 0.0870. The normalized spacial score (nSPS) is 11.5. The molecule has 0 fully saturated rings. The van der Waals surface area contributed by atoms with Crippen LogP contribution in [0, 0.1) is 3.57 Å². The SMILES string of the molecule is Nc1ccc(I)cc1C(=O)Nc1ccc(C[C@H](NC(=O)c2c(Cl)cccc2Cl)C(=O)O)cc1. The van der Waals surface area contributed by atoms with E-state index in [1.165, 1.54) is 12.1 Å². The Labute approximate surface area is 213 Å². The number of nitrogen functional groups attached to an aromatic ring is 1. The number of benzene rings is 3. The van der Waals surface area contributed by atoms with E-state index in [-0.39, 0.29) is 27.9 Å². The summed E-state index contributed by atoms with van der Waals surface area (Å²) in [4.78, 5) is 36.8. The average Bonchev–Trinajstić information content (AvgIpc) is 2.76. The monoisotopic (exact) mass is 597 g/mol. The lowest BCUT2D eigenvalue weighted by Crippen LogP contribution is -2.42. The minimum absolute atomic E-state index is 0.0139. The van der Waals surface area contributed by atoms with Gasteiger partial charge in [-0.1, -0.05) is 41.4 Å². The lowest BCUT2D eigenvalue weighted by Gasteiger charge is -2.16. The van der Waals surface area contributed by atoms with Crippen molar-refractivity contribution < 1.29 is 19.5 Å². The molecule has 0 aliphatic heterocycles. The smallest absolute Gasteiger partial charge is 0.326 e. The van der Waals surface area contributed by atoms with Crippen LogP contribution in [0.2, 0.25) is 10.0 Å². The topological polar surface area (TPSA) is 122 Å². The van der Waals surface area contributed by atoms with Crippen molar-refractivity contribution in [3.63, 3.8) is 0 Å². The van der Waals surface area contributed by atoms with E-state index < -0.39 is 17.9 Å². The number of carbonyl (C=O) groups is 3. The molecule has 3 aromatic carbocycles. The van der Waals surface area contributed by atoms with Crippen LogP contribution in [0.4, 0.5) is 11.4 Å². The maximum absolute atomic E-state index is 12.6. The molecule has 0 bridgehead atoms. The number of carboxylic acid groups (broad SMARTS) is 1. The van der Waals surface area contributed by atoms with Crippen LogP contribution in [0.5, 0.6) is 0 Å². The number of hydrogen-bond acceptors (Lipinski definition) is 4. The van der Waals surface area contributed by atoms with Gasteiger partial charge < -0.3 is 21.5 Å². The summed E-state index contributed by atoms with van der Waals surface area (Å²) in [6, 6.07) is 15.1. The number of rotatable bonds is 7. The molecule has 0 saturated carbocycles. The molecule has 0 heterocycles. The minimum atomic E-state index is -1.21. The highest BCUT2D eigenvalue weighted by Gasteiger charge is 2.24. The summed E-state index contributed by atoms with van der Waals surface area (Å²) in [6.07, 6.45) is 0.0151. The fourth-order valence-electron chi connectivity index (χ4n) is 3.03. The predicted molar refractivity (Wildman–Crippen MR) is 137 cm³/mol. The first-order valence-electron chi connectivity index (χ1n) is 9.58. The van der Waals surface area contributed by atoms with E-state index in [9.17, 15) is 19.5 Å². The van der Waals surface area contributed by atoms with E-state index in [4.69, 9.17) is 28.9 Å². The Morgan fingerprint density at radius 1 is 0.970 bits per heavy atom. The molecular formula is C23H18Cl2IN3O4. The summed E-state index contributed by atoms with van der Waals surface area (Å²) < 4.78 is 0.877. The first-order valence-corrected chi connectivity index (χ1v) is 11.4. The highest BCUT2D eigenvalue weighted by molar-refractivity contribution is 14.1. The molecule has 3 aromatic rings. The van der Waals surface area contributed by atoms with Gasteiger partial charge in [0.15, 0.2) is 0 Å². The molecular weight excluding hydrogens is 580 g/mol. The van der Waals surface area contributed by atoms with E-state index >= 15 is 0 Å². The van der Waals surface area contributed by atoms with E-state index in [1.54, 1.807) is 48.5 Å². The van der Waals surface area contributed by atoms with Crippen LogP contribution in [0.15, 0.2) is 60.7 Å². The Hall–Kier alpha value is -2.82. The summed E-state index contributed by atoms with van der Waals surface area (Å²) in [5.41, 5.74) is 7.77. The van der Waals surface area contributed by atoms with E-state index in [1.807, 2.05) is 0 Å². The van der Waals surface area contributed by atoms with Gasteiger partial charge in [-0.15, -0.1) is 0 Å². The molecule has 0 saturated heterocycles. The van der Waals surface area contributed by atoms with E-state index in [2.05, 4.69) is 33.2 Å². The zero-order valence-electron chi connectivity index (χ0n) is 16.9. The molecule has 170 valence electrons. The lowest BCUT2D eigenvalue weighted by molar-refractivity contribution is -0.139. The highest BCUT2D eigenvalue weighted by Crippen LogP contribution is 2.24. The number of nitrogens with one attached hydrogen (secondary N) is 2. The molecule has 7 nitrogen and oxygen atoms in total. The minimum Gasteiger partial charge on any atom is -0.480 e. The first kappa shape index (κ1) is 24.8. The van der Waals surface area contributed by atoms with Crippen molar-refractivity contribution >= 4 is 75.0 Å². The molecule has 3 rings (SSSR count). The second-order valence-corrected chi connectivity index (χ2v) is 9.11. The maximum atomic E-state index is 12.6. The van der Waals surface area contributed by atoms with Gasteiger partial charge in [0.1, 0.15) is 6.04 Å². The van der Waals surface area contributed by atoms with Crippen molar-refractivity contribution in [2.45, 2.75) is 12.5 Å². The number of aliphatic carboxylic acids is 1. The molecule has 0 unspecified atom stereocenters. The zero-order chi connectivity index (χ0) is 24.1. The van der Waals surface area contributed by atoms with E-state index in [0.29, 0.717) is 22.5 Å². The van der Waals surface area contributed by atoms with Crippen LogP contribution in [-0.2, 0) is 11.2 Å². The third kappa shape index (κ3) is 6.37. The molecule has 1 atom stereocenters. The van der Waals surface area contributed by atoms with Gasteiger partial charge in [-0.3, -0.25) is 9.59 Å². The Morgan fingerprint density at radius 2 is 1.61 bits per heavy atom. The molecule has 0 radical (unpaired) electrons. The number of amides is 2. The van der Waals surface area contributed by atoms with Gasteiger partial charge in [0.05, 0.1) is 21.2 Å². The van der Waals surface area contributed by atoms with Gasteiger partial charge in [-0.2, -0.15) is 0 Å². The number of carboxylic acids is 1. The zero-order valence-corrected chi connectivity index (χ0v) is 20.6. The number of halogens is 3. The first-order chi connectivity index (χ1) is 15.7. The van der Waals surface area contributed by atoms with Crippen molar-refractivity contribution in [3.05, 3.63) is 91.0 Å². The molecule has 0 aromatic heterocycles. The van der Waals surface area contributed by atoms with E-state index in [0.717, 1.165) is 3.57 Å². The highest BCUT2D eigenvalue weighted by atomic mass is 127. The summed E-state index contributed by atoms with van der Waals surface area (Å²) >= 11 is 14.2. The van der Waals surface area contributed by atoms with Gasteiger partial charge >= 0.3 is 5.97 Å². The average molecular weight is 598 g/mol. The third-order valence-electron chi connectivity index (χ3n) is 4.70. The molecule has 0 aliphatic carbocycles. The fourth-order valence-corrected chi connectivity index (χ4v) is 4.09. The molecule has 2 amide bonds. The Bertz CT molecular complexity index is 1200. The van der Waals surface area contributed by atoms with Crippen molar-refractivity contribution in [2.24, 2.45) is 0 Å². The lowest BCUT2D eigenvalue weighted by atomic mass is 10.0. The predicted octanol–water partition coefficient (Wildman–Crippen LogP) is 4.86. The Kier molecular flexibility index (Phi) is 8.17. The van der Waals surface area contributed by atoms with Crippen LogP contribution < -0.4 is 16.4 Å². The van der Waals surface area contributed by atoms with Crippen LogP contribution in [0.1, 0.15) is 26.3 Å². The largest absolute Gasteiger partial charge is 0.480 e. The molecule has 10 heteroatoms. The van der Waals surface area contributed by atoms with Crippen molar-refractivity contribution in [1.82, 2.24) is 5.32 Å². The van der Waals surface area contributed by atoms with Crippen molar-refractivity contribution in [2.75, 3.05) is 11.1 Å². The van der Waals surface area contributed by atoms with Crippen molar-refractivity contribution in [3.8, 4) is 0 Å². The number of hydrogen-bond donors (Lipinski definition) is 4. The van der Waals surface area contributed by atoms with Crippen molar-refractivity contribution in [1.29, 1.82) is 0 Å². The second-order valence-electron chi connectivity index (χ2n) is 7.05. The second kappa shape index (κ2) is 10.9. The summed E-state index contributed by atoms with van der Waals surface area (Å²) in [5, 5.41) is 15.0. The van der Waals surface area contributed by atoms with Crippen LogP contribution in [0.25, 0.3) is 0 Å².